The summed E-state index contributed by atoms with van der Waals surface area (Å²) in [5.74, 6) is -3.61. The minimum Gasteiger partial charge on any atom is -0.496 e. The maximum Gasteiger partial charge on any atom is 0.309 e. The molecule has 0 aromatic heterocycles. The molecule has 0 aliphatic rings. The molecule has 2 atom stereocenters. The van der Waals surface area contributed by atoms with Crippen LogP contribution in [0.2, 0.25) is 0 Å². The van der Waals surface area contributed by atoms with Gasteiger partial charge in [0.05, 0.1) is 33.5 Å². The third kappa shape index (κ3) is 10.3. The van der Waals surface area contributed by atoms with Crippen LogP contribution in [0, 0.1) is 5.92 Å². The lowest BCUT2D eigenvalue weighted by molar-refractivity contribution is -0.141. The van der Waals surface area contributed by atoms with E-state index < -0.39 is 60.6 Å². The van der Waals surface area contributed by atoms with Crippen molar-refractivity contribution < 1.29 is 48.1 Å². The highest BCUT2D eigenvalue weighted by Gasteiger charge is 2.30. The molecule has 2 rings (SSSR count). The van der Waals surface area contributed by atoms with E-state index in [0.717, 1.165) is 0 Å². The van der Waals surface area contributed by atoms with E-state index in [1.54, 1.807) is 56.3 Å². The van der Waals surface area contributed by atoms with Crippen molar-refractivity contribution in [3.8, 4) is 11.5 Å². The second-order valence-electron chi connectivity index (χ2n) is 9.86. The van der Waals surface area contributed by atoms with Gasteiger partial charge in [-0.15, -0.1) is 0 Å². The number of ketones is 2. The van der Waals surface area contributed by atoms with Crippen molar-refractivity contribution in [2.75, 3.05) is 20.8 Å². The first kappa shape index (κ1) is 33.5. The minimum atomic E-state index is -1.42. The molecule has 12 nitrogen and oxygen atoms in total. The maximum atomic E-state index is 13.1. The lowest BCUT2D eigenvalue weighted by Gasteiger charge is -2.25. The molecule has 0 spiro atoms. The molecule has 0 radical (unpaired) electrons. The van der Waals surface area contributed by atoms with Gasteiger partial charge >= 0.3 is 11.9 Å². The average molecular weight is 585 g/mol. The monoisotopic (exact) mass is 584 g/mol. The summed E-state index contributed by atoms with van der Waals surface area (Å²) in [7, 11) is 2.71. The van der Waals surface area contributed by atoms with Crippen LogP contribution in [0.5, 0.6) is 11.5 Å². The van der Waals surface area contributed by atoms with Crippen LogP contribution >= 0.6 is 0 Å². The summed E-state index contributed by atoms with van der Waals surface area (Å²) >= 11 is 0. The summed E-state index contributed by atoms with van der Waals surface area (Å²) < 4.78 is 15.4. The quantitative estimate of drug-likeness (QED) is 0.195. The molecule has 0 aliphatic heterocycles. The van der Waals surface area contributed by atoms with Gasteiger partial charge in [-0.1, -0.05) is 26.0 Å². The molecular formula is C30H36N2O10. The molecular weight excluding hydrogens is 548 g/mol. The van der Waals surface area contributed by atoms with Crippen LogP contribution in [0.3, 0.4) is 0 Å². The van der Waals surface area contributed by atoms with Crippen molar-refractivity contribution in [2.45, 2.75) is 52.1 Å². The van der Waals surface area contributed by atoms with Gasteiger partial charge in [-0.3, -0.25) is 28.8 Å². The predicted molar refractivity (Wildman–Crippen MR) is 150 cm³/mol. The maximum absolute atomic E-state index is 13.1. The Morgan fingerprint density at radius 1 is 0.905 bits per heavy atom. The molecule has 0 heterocycles. The summed E-state index contributed by atoms with van der Waals surface area (Å²) in [4.78, 5) is 73.5. The number of carbonyl (C=O) groups excluding carboxylic acids is 5. The Hall–Kier alpha value is -4.74. The highest BCUT2D eigenvalue weighted by Crippen LogP contribution is 2.21. The van der Waals surface area contributed by atoms with E-state index in [2.05, 4.69) is 15.4 Å². The highest BCUT2D eigenvalue weighted by molar-refractivity contribution is 5.96. The number of Topliss-reactive ketones (excluding diaryl/α,β-unsaturated/α-hetero) is 2. The van der Waals surface area contributed by atoms with Gasteiger partial charge in [-0.05, 0) is 48.7 Å². The number of methoxy groups -OCH3 is 2. The highest BCUT2D eigenvalue weighted by atomic mass is 16.5. The third-order valence-corrected chi connectivity index (χ3v) is 6.27. The number of rotatable bonds is 16. The molecule has 1 unspecified atom stereocenters. The van der Waals surface area contributed by atoms with Crippen molar-refractivity contribution in [1.29, 1.82) is 0 Å². The number of carbonyl (C=O) groups is 6. The largest absolute Gasteiger partial charge is 0.496 e. The number of amides is 2. The SMILES string of the molecule is COC(=O)Cc1ccc(OCC(=O)C(CC(=O)O)NC(=O)[C@@H](NC(=O)Cc2cc(C(C)=O)ccc2OC)C(C)C)cc1. The predicted octanol–water partition coefficient (Wildman–Crippen LogP) is 1.90. The first-order chi connectivity index (χ1) is 19.8. The van der Waals surface area contributed by atoms with E-state index in [-0.39, 0.29) is 18.6 Å². The number of hydrogen-bond acceptors (Lipinski definition) is 9. The molecule has 0 saturated carbocycles. The average Bonchev–Trinajstić information content (AvgIpc) is 2.94. The van der Waals surface area contributed by atoms with Crippen LogP contribution in [0.1, 0.15) is 48.7 Å². The number of esters is 1. The minimum absolute atomic E-state index is 0.0638. The van der Waals surface area contributed by atoms with Gasteiger partial charge in [-0.25, -0.2) is 0 Å². The van der Waals surface area contributed by atoms with Crippen molar-refractivity contribution in [3.63, 3.8) is 0 Å². The molecule has 3 N–H and O–H groups in total. The zero-order valence-corrected chi connectivity index (χ0v) is 24.2. The van der Waals surface area contributed by atoms with E-state index in [9.17, 15) is 33.9 Å². The van der Waals surface area contributed by atoms with Gasteiger partial charge in [0.1, 0.15) is 30.2 Å². The van der Waals surface area contributed by atoms with E-state index >= 15 is 0 Å². The zero-order chi connectivity index (χ0) is 31.4. The fourth-order valence-corrected chi connectivity index (χ4v) is 3.95. The Morgan fingerprint density at radius 3 is 2.12 bits per heavy atom. The molecule has 2 aromatic carbocycles. The standard InChI is InChI=1S/C30H36N2O10/c1-17(2)29(32-26(35)14-21-13-20(18(3)33)8-11-25(21)40-4)30(39)31-23(15-27(36)37)24(34)16-42-22-9-6-19(7-10-22)12-28(38)41-5/h6-11,13,17,23,29H,12,14-16H2,1-5H3,(H,31,39)(H,32,35)(H,36,37)/t23?,29-/m0/s1. The first-order valence-corrected chi connectivity index (χ1v) is 13.1. The second-order valence-corrected chi connectivity index (χ2v) is 9.86. The molecule has 0 fully saturated rings. The number of nitrogens with one attached hydrogen (secondary N) is 2. The lowest BCUT2D eigenvalue weighted by atomic mass is 10.0. The number of benzene rings is 2. The van der Waals surface area contributed by atoms with Crippen LogP contribution in [0.25, 0.3) is 0 Å². The zero-order valence-electron chi connectivity index (χ0n) is 24.2. The molecule has 0 saturated heterocycles. The van der Waals surface area contributed by atoms with E-state index in [1.165, 1.54) is 21.1 Å². The van der Waals surface area contributed by atoms with Crippen LogP contribution in [0.4, 0.5) is 0 Å². The lowest BCUT2D eigenvalue weighted by Crippen LogP contribution is -2.54. The van der Waals surface area contributed by atoms with Gasteiger partial charge in [-0.2, -0.15) is 0 Å². The Balaban J connectivity index is 2.08. The van der Waals surface area contributed by atoms with Gasteiger partial charge in [0.25, 0.3) is 0 Å². The van der Waals surface area contributed by atoms with Crippen molar-refractivity contribution >= 4 is 35.3 Å². The topological polar surface area (TPSA) is 174 Å². The number of carboxylic acid groups (broad SMARTS) is 1. The second kappa shape index (κ2) is 15.9. The fraction of sp³-hybridized carbons (Fsp3) is 0.400. The number of ether oxygens (including phenoxy) is 3. The van der Waals surface area contributed by atoms with Crippen LogP contribution in [-0.4, -0.2) is 73.3 Å². The van der Waals surface area contributed by atoms with Crippen LogP contribution in [0.15, 0.2) is 42.5 Å². The Labute approximate surface area is 243 Å². The summed E-state index contributed by atoms with van der Waals surface area (Å²) in [6, 6.07) is 8.52. The summed E-state index contributed by atoms with van der Waals surface area (Å²) in [5, 5.41) is 14.4. The van der Waals surface area contributed by atoms with Gasteiger partial charge < -0.3 is 30.0 Å². The first-order valence-electron chi connectivity index (χ1n) is 13.1. The summed E-state index contributed by atoms with van der Waals surface area (Å²) in [6.45, 7) is 4.23. The molecule has 2 aromatic rings. The number of aliphatic carboxylic acids is 1. The third-order valence-electron chi connectivity index (χ3n) is 6.27. The molecule has 226 valence electrons. The van der Waals surface area contributed by atoms with Crippen molar-refractivity contribution in [3.05, 3.63) is 59.2 Å². The van der Waals surface area contributed by atoms with Crippen molar-refractivity contribution in [2.24, 2.45) is 5.92 Å². The Bertz CT molecular complexity index is 1300. The summed E-state index contributed by atoms with van der Waals surface area (Å²) in [5.41, 5.74) is 1.51. The van der Waals surface area contributed by atoms with E-state index in [1.807, 2.05) is 0 Å². The smallest absolute Gasteiger partial charge is 0.309 e. The van der Waals surface area contributed by atoms with Gasteiger partial charge in [0, 0.05) is 11.1 Å². The van der Waals surface area contributed by atoms with Gasteiger partial charge in [0.2, 0.25) is 11.8 Å². The molecule has 2 amide bonds. The molecule has 12 heteroatoms. The van der Waals surface area contributed by atoms with E-state index in [4.69, 9.17) is 9.47 Å². The number of carboxylic acids is 1. The Kier molecular flexibility index (Phi) is 12.7. The summed E-state index contributed by atoms with van der Waals surface area (Å²) in [6.07, 6.45) is -0.821. The molecule has 42 heavy (non-hydrogen) atoms. The number of hydrogen-bond donors (Lipinski definition) is 3. The van der Waals surface area contributed by atoms with Crippen LogP contribution < -0.4 is 20.1 Å². The van der Waals surface area contributed by atoms with Gasteiger partial charge in [0.15, 0.2) is 11.6 Å². The molecule has 0 bridgehead atoms. The van der Waals surface area contributed by atoms with Crippen molar-refractivity contribution in [1.82, 2.24) is 10.6 Å². The normalized spacial score (nSPS) is 12.0. The van der Waals surface area contributed by atoms with E-state index in [0.29, 0.717) is 28.2 Å². The fourth-order valence-electron chi connectivity index (χ4n) is 3.95. The molecule has 0 aliphatic carbocycles. The Morgan fingerprint density at radius 2 is 1.57 bits per heavy atom. The van der Waals surface area contributed by atoms with Crippen LogP contribution in [-0.2, 0) is 41.6 Å².